The van der Waals surface area contributed by atoms with Crippen LogP contribution in [0, 0.1) is 11.8 Å². The van der Waals surface area contributed by atoms with E-state index in [2.05, 4.69) is 20.8 Å². The zero-order chi connectivity index (χ0) is 12.7. The monoisotopic (exact) mass is 245 g/mol. The minimum Gasteiger partial charge on any atom is -0.378 e. The van der Waals surface area contributed by atoms with E-state index in [-0.39, 0.29) is 6.29 Å². The van der Waals surface area contributed by atoms with Crippen LogP contribution in [0.15, 0.2) is 0 Å². The molecule has 1 fully saturated rings. The third-order valence-corrected chi connectivity index (χ3v) is 3.57. The van der Waals surface area contributed by atoms with Crippen LogP contribution in [-0.2, 0) is 14.2 Å². The lowest BCUT2D eigenvalue weighted by atomic mass is 9.84. The molecule has 1 aliphatic rings. The van der Waals surface area contributed by atoms with E-state index in [0.717, 1.165) is 12.8 Å². The van der Waals surface area contributed by atoms with Crippen LogP contribution >= 0.6 is 0 Å². The highest BCUT2D eigenvalue weighted by atomic mass is 16.7. The Morgan fingerprint density at radius 3 is 2.65 bits per heavy atom. The van der Waals surface area contributed by atoms with Gasteiger partial charge in [-0.05, 0) is 18.3 Å². The maximum atomic E-state index is 5.92. The molecule has 4 heteroatoms. The van der Waals surface area contributed by atoms with Gasteiger partial charge in [0.15, 0.2) is 6.29 Å². The van der Waals surface area contributed by atoms with Crippen LogP contribution in [0.4, 0.5) is 0 Å². The number of rotatable bonds is 7. The summed E-state index contributed by atoms with van der Waals surface area (Å²) >= 11 is 0. The Balaban J connectivity index is 2.20. The minimum atomic E-state index is -0.0624. The van der Waals surface area contributed by atoms with Gasteiger partial charge in [0.25, 0.3) is 0 Å². The van der Waals surface area contributed by atoms with E-state index < -0.39 is 0 Å². The van der Waals surface area contributed by atoms with Crippen LogP contribution in [0.3, 0.4) is 0 Å². The number of hydrogen-bond acceptors (Lipinski definition) is 4. The number of ether oxygens (including phenoxy) is 3. The smallest absolute Gasteiger partial charge is 0.158 e. The van der Waals surface area contributed by atoms with Gasteiger partial charge in [0.05, 0.1) is 25.9 Å². The first-order valence-corrected chi connectivity index (χ1v) is 6.73. The van der Waals surface area contributed by atoms with Crippen molar-refractivity contribution in [1.29, 1.82) is 0 Å². The van der Waals surface area contributed by atoms with Crippen molar-refractivity contribution >= 4 is 0 Å². The van der Waals surface area contributed by atoms with Gasteiger partial charge in [-0.2, -0.15) is 0 Å². The molecule has 0 spiro atoms. The highest BCUT2D eigenvalue weighted by Gasteiger charge is 2.32. The summed E-state index contributed by atoms with van der Waals surface area (Å²) in [5, 5.41) is 0. The summed E-state index contributed by atoms with van der Waals surface area (Å²) in [5.74, 6) is 1.28. The van der Waals surface area contributed by atoms with E-state index in [9.17, 15) is 0 Å². The van der Waals surface area contributed by atoms with Crippen LogP contribution in [0.25, 0.3) is 0 Å². The topological polar surface area (TPSA) is 53.7 Å². The predicted octanol–water partition coefficient (Wildman–Crippen LogP) is 1.78. The van der Waals surface area contributed by atoms with E-state index in [1.54, 1.807) is 0 Å². The molecular formula is C13H27NO3. The lowest BCUT2D eigenvalue weighted by molar-refractivity contribution is -0.224. The third kappa shape index (κ3) is 4.92. The van der Waals surface area contributed by atoms with Gasteiger partial charge in [-0.25, -0.2) is 0 Å². The van der Waals surface area contributed by atoms with Gasteiger partial charge < -0.3 is 19.9 Å². The van der Waals surface area contributed by atoms with Crippen LogP contribution < -0.4 is 5.73 Å². The molecule has 2 N–H and O–H groups in total. The lowest BCUT2D eigenvalue weighted by Gasteiger charge is -2.38. The molecule has 1 rings (SSSR count). The van der Waals surface area contributed by atoms with E-state index >= 15 is 0 Å². The van der Waals surface area contributed by atoms with Crippen molar-refractivity contribution in [3.63, 3.8) is 0 Å². The lowest BCUT2D eigenvalue weighted by Crippen LogP contribution is -2.40. The standard InChI is InChI=1S/C13H27NO3/c1-4-12-11(3)10(2)9-13(17-12)16-8-7-15-6-5-14/h10-13H,4-9,14H2,1-3H3. The summed E-state index contributed by atoms with van der Waals surface area (Å²) in [6.45, 7) is 9.05. The SMILES string of the molecule is CCC1OC(OCCOCCN)CC(C)C1C. The Labute approximate surface area is 105 Å². The van der Waals surface area contributed by atoms with Crippen molar-refractivity contribution in [3.05, 3.63) is 0 Å². The second-order valence-corrected chi connectivity index (χ2v) is 4.86. The van der Waals surface area contributed by atoms with Gasteiger partial charge in [-0.15, -0.1) is 0 Å². The third-order valence-electron chi connectivity index (χ3n) is 3.57. The molecule has 0 amide bonds. The molecule has 4 atom stereocenters. The fourth-order valence-corrected chi connectivity index (χ4v) is 2.26. The Hall–Kier alpha value is -0.160. The number of hydrogen-bond donors (Lipinski definition) is 1. The van der Waals surface area contributed by atoms with E-state index in [4.69, 9.17) is 19.9 Å². The molecule has 4 unspecified atom stereocenters. The largest absolute Gasteiger partial charge is 0.378 e. The first kappa shape index (κ1) is 14.9. The predicted molar refractivity (Wildman–Crippen MR) is 67.7 cm³/mol. The summed E-state index contributed by atoms with van der Waals surface area (Å²) in [4.78, 5) is 0. The van der Waals surface area contributed by atoms with Crippen molar-refractivity contribution in [2.75, 3.05) is 26.4 Å². The molecule has 0 radical (unpaired) electrons. The Bertz CT molecular complexity index is 201. The van der Waals surface area contributed by atoms with Crippen LogP contribution in [0.1, 0.15) is 33.6 Å². The van der Waals surface area contributed by atoms with Gasteiger partial charge >= 0.3 is 0 Å². The first-order chi connectivity index (χ1) is 8.19. The van der Waals surface area contributed by atoms with Crippen molar-refractivity contribution in [3.8, 4) is 0 Å². The molecule has 102 valence electrons. The molecule has 4 nitrogen and oxygen atoms in total. The summed E-state index contributed by atoms with van der Waals surface area (Å²) < 4.78 is 16.9. The fourth-order valence-electron chi connectivity index (χ4n) is 2.26. The molecule has 1 aliphatic heterocycles. The summed E-state index contributed by atoms with van der Waals surface area (Å²) in [5.41, 5.74) is 5.33. The summed E-state index contributed by atoms with van der Waals surface area (Å²) in [7, 11) is 0. The molecule has 17 heavy (non-hydrogen) atoms. The van der Waals surface area contributed by atoms with Crippen molar-refractivity contribution in [1.82, 2.24) is 0 Å². The zero-order valence-corrected chi connectivity index (χ0v) is 11.4. The molecule has 0 bridgehead atoms. The quantitative estimate of drug-likeness (QED) is 0.695. The molecule has 0 aromatic rings. The average molecular weight is 245 g/mol. The van der Waals surface area contributed by atoms with Crippen molar-refractivity contribution in [2.24, 2.45) is 17.6 Å². The maximum absolute atomic E-state index is 5.92. The zero-order valence-electron chi connectivity index (χ0n) is 11.4. The summed E-state index contributed by atoms with van der Waals surface area (Å²) in [6.07, 6.45) is 2.30. The second kappa shape index (κ2) is 8.03. The normalized spacial score (nSPS) is 33.9. The average Bonchev–Trinajstić information content (AvgIpc) is 2.33. The van der Waals surface area contributed by atoms with Crippen LogP contribution in [-0.4, -0.2) is 38.8 Å². The molecular weight excluding hydrogens is 218 g/mol. The molecule has 0 aromatic carbocycles. The van der Waals surface area contributed by atoms with Gasteiger partial charge in [0, 0.05) is 13.0 Å². The Kier molecular flexibility index (Phi) is 7.04. The molecule has 1 saturated heterocycles. The molecule has 1 heterocycles. The van der Waals surface area contributed by atoms with E-state index in [1.165, 1.54) is 0 Å². The van der Waals surface area contributed by atoms with Crippen LogP contribution in [0.2, 0.25) is 0 Å². The molecule has 0 saturated carbocycles. The molecule has 0 aromatic heterocycles. The second-order valence-electron chi connectivity index (χ2n) is 4.86. The highest BCUT2D eigenvalue weighted by molar-refractivity contribution is 4.77. The van der Waals surface area contributed by atoms with Crippen LogP contribution in [0.5, 0.6) is 0 Å². The van der Waals surface area contributed by atoms with E-state index in [0.29, 0.717) is 44.3 Å². The maximum Gasteiger partial charge on any atom is 0.158 e. The molecule has 0 aliphatic carbocycles. The van der Waals surface area contributed by atoms with E-state index in [1.807, 2.05) is 0 Å². The van der Waals surface area contributed by atoms with Gasteiger partial charge in [-0.1, -0.05) is 20.8 Å². The van der Waals surface area contributed by atoms with Crippen molar-refractivity contribution < 1.29 is 14.2 Å². The minimum absolute atomic E-state index is 0.0624. The Morgan fingerprint density at radius 2 is 2.00 bits per heavy atom. The van der Waals surface area contributed by atoms with Crippen molar-refractivity contribution in [2.45, 2.75) is 46.0 Å². The van der Waals surface area contributed by atoms with Gasteiger partial charge in [-0.3, -0.25) is 0 Å². The Morgan fingerprint density at radius 1 is 1.24 bits per heavy atom. The number of nitrogens with two attached hydrogens (primary N) is 1. The first-order valence-electron chi connectivity index (χ1n) is 6.73. The summed E-state index contributed by atoms with van der Waals surface area (Å²) in [6, 6.07) is 0. The fraction of sp³-hybridized carbons (Fsp3) is 1.00. The highest BCUT2D eigenvalue weighted by Crippen LogP contribution is 2.31. The van der Waals surface area contributed by atoms with Gasteiger partial charge in [0.2, 0.25) is 0 Å². The van der Waals surface area contributed by atoms with Gasteiger partial charge in [0.1, 0.15) is 0 Å².